The Bertz CT molecular complexity index is 673. The van der Waals surface area contributed by atoms with Crippen molar-refractivity contribution >= 4 is 63.1 Å². The van der Waals surface area contributed by atoms with Crippen molar-refractivity contribution in [1.29, 1.82) is 0 Å². The van der Waals surface area contributed by atoms with Crippen molar-refractivity contribution in [3.63, 3.8) is 0 Å². The highest BCUT2D eigenvalue weighted by Crippen LogP contribution is 2.17. The van der Waals surface area contributed by atoms with Gasteiger partial charge in [0.05, 0.1) is 18.0 Å². The van der Waals surface area contributed by atoms with E-state index in [1.165, 1.54) is 0 Å². The van der Waals surface area contributed by atoms with Gasteiger partial charge in [-0.15, -0.1) is 35.3 Å². The molecule has 0 spiro atoms. The van der Waals surface area contributed by atoms with Crippen LogP contribution in [0.15, 0.2) is 10.4 Å². The monoisotopic (exact) mass is 533 g/mol. The Morgan fingerprint density at radius 1 is 1.35 bits per heavy atom. The minimum Gasteiger partial charge on any atom is -0.355 e. The first-order valence-electron chi connectivity index (χ1n) is 8.36. The number of hydrogen-bond donors (Lipinski definition) is 2. The molecule has 1 aromatic rings. The predicted octanol–water partition coefficient (Wildman–Crippen LogP) is 1.93. The zero-order chi connectivity index (χ0) is 18.3. The van der Waals surface area contributed by atoms with Gasteiger partial charge in [0, 0.05) is 43.6 Å². The molecule has 7 nitrogen and oxygen atoms in total. The average Bonchev–Trinajstić information content (AvgIpc) is 3.08. The van der Waals surface area contributed by atoms with E-state index in [-0.39, 0.29) is 29.7 Å². The number of thiazole rings is 1. The molecule has 0 amide bonds. The molecule has 0 atom stereocenters. The Balaban J connectivity index is 0.00000338. The number of hydrogen-bond acceptors (Lipinski definition) is 6. The van der Waals surface area contributed by atoms with E-state index in [2.05, 4.69) is 39.8 Å². The van der Waals surface area contributed by atoms with E-state index in [0.717, 1.165) is 22.2 Å². The summed E-state index contributed by atoms with van der Waals surface area (Å²) in [6, 6.07) is 0. The van der Waals surface area contributed by atoms with Crippen LogP contribution in [0.5, 0.6) is 0 Å². The summed E-state index contributed by atoms with van der Waals surface area (Å²) in [5, 5.41) is 9.31. The second kappa shape index (κ2) is 11.7. The van der Waals surface area contributed by atoms with Crippen molar-refractivity contribution in [2.24, 2.45) is 4.99 Å². The molecule has 1 aromatic heterocycles. The van der Waals surface area contributed by atoms with Crippen molar-refractivity contribution in [1.82, 2.24) is 19.9 Å². The zero-order valence-electron chi connectivity index (χ0n) is 15.4. The zero-order valence-corrected chi connectivity index (χ0v) is 20.2. The molecule has 2 heterocycles. The molecule has 0 saturated carbocycles. The molecule has 26 heavy (non-hydrogen) atoms. The molecule has 0 radical (unpaired) electrons. The quantitative estimate of drug-likeness (QED) is 0.317. The van der Waals surface area contributed by atoms with Gasteiger partial charge in [0.25, 0.3) is 0 Å². The number of guanidine groups is 1. The molecule has 1 fully saturated rings. The highest BCUT2D eigenvalue weighted by molar-refractivity contribution is 14.0. The van der Waals surface area contributed by atoms with Crippen LogP contribution in [0.1, 0.15) is 30.5 Å². The van der Waals surface area contributed by atoms with Gasteiger partial charge in [-0.1, -0.05) is 13.8 Å². The summed E-state index contributed by atoms with van der Waals surface area (Å²) in [5.41, 5.74) is 1.09. The Kier molecular flexibility index (Phi) is 10.7. The van der Waals surface area contributed by atoms with Crippen molar-refractivity contribution in [2.75, 3.05) is 43.9 Å². The van der Waals surface area contributed by atoms with Crippen LogP contribution in [-0.2, 0) is 16.6 Å². The van der Waals surface area contributed by atoms with Crippen LogP contribution in [-0.4, -0.2) is 67.6 Å². The fraction of sp³-hybridized carbons (Fsp3) is 0.733. The Morgan fingerprint density at radius 2 is 2.04 bits per heavy atom. The molecular formula is C15H28IN5O2S3. The Morgan fingerprint density at radius 3 is 2.62 bits per heavy atom. The second-order valence-electron chi connectivity index (χ2n) is 6.00. The summed E-state index contributed by atoms with van der Waals surface area (Å²) in [5.74, 6) is 2.84. The van der Waals surface area contributed by atoms with E-state index >= 15 is 0 Å². The average molecular weight is 534 g/mol. The third-order valence-electron chi connectivity index (χ3n) is 3.81. The molecule has 1 aliphatic rings. The minimum absolute atomic E-state index is 0. The van der Waals surface area contributed by atoms with E-state index < -0.39 is 10.0 Å². The number of thioether (sulfide) groups is 1. The van der Waals surface area contributed by atoms with Crippen molar-refractivity contribution in [3.8, 4) is 0 Å². The lowest BCUT2D eigenvalue weighted by Gasteiger charge is -2.25. The van der Waals surface area contributed by atoms with Crippen LogP contribution < -0.4 is 10.6 Å². The molecule has 150 valence electrons. The summed E-state index contributed by atoms with van der Waals surface area (Å²) in [7, 11) is -1.52. The summed E-state index contributed by atoms with van der Waals surface area (Å²) in [6.45, 7) is 6.38. The van der Waals surface area contributed by atoms with E-state index in [4.69, 9.17) is 0 Å². The van der Waals surface area contributed by atoms with Crippen molar-refractivity contribution < 1.29 is 8.42 Å². The van der Waals surface area contributed by atoms with Gasteiger partial charge >= 0.3 is 0 Å². The first kappa shape index (κ1) is 23.9. The lowest BCUT2D eigenvalue weighted by molar-refractivity contribution is 0.443. The summed E-state index contributed by atoms with van der Waals surface area (Å²) >= 11 is 3.42. The van der Waals surface area contributed by atoms with E-state index in [1.54, 1.807) is 34.5 Å². The molecule has 0 aliphatic carbocycles. The summed E-state index contributed by atoms with van der Waals surface area (Å²) in [4.78, 5) is 8.70. The summed E-state index contributed by atoms with van der Waals surface area (Å²) in [6.07, 6.45) is 0. The molecule has 0 aromatic carbocycles. The summed E-state index contributed by atoms with van der Waals surface area (Å²) < 4.78 is 26.2. The number of aliphatic imine (C=N–C) groups is 1. The van der Waals surface area contributed by atoms with Crippen LogP contribution in [0.25, 0.3) is 0 Å². The van der Waals surface area contributed by atoms with Gasteiger partial charge in [0.15, 0.2) is 5.96 Å². The third kappa shape index (κ3) is 7.49. The topological polar surface area (TPSA) is 86.7 Å². The van der Waals surface area contributed by atoms with E-state index in [1.807, 2.05) is 0 Å². The normalized spacial score (nSPS) is 16.4. The smallest absolute Gasteiger partial charge is 0.215 e. The van der Waals surface area contributed by atoms with Gasteiger partial charge in [-0.25, -0.2) is 17.7 Å². The first-order chi connectivity index (χ1) is 11.9. The van der Waals surface area contributed by atoms with Crippen molar-refractivity contribution in [2.45, 2.75) is 26.3 Å². The Hall–Kier alpha value is -0.110. The molecule has 1 aliphatic heterocycles. The minimum atomic E-state index is -3.20. The van der Waals surface area contributed by atoms with Crippen LogP contribution >= 0.6 is 47.1 Å². The number of rotatable bonds is 7. The molecule has 1 saturated heterocycles. The third-order valence-corrected chi connectivity index (χ3v) is 7.49. The van der Waals surface area contributed by atoms with Crippen LogP contribution in [0.2, 0.25) is 0 Å². The lowest BCUT2D eigenvalue weighted by atomic mass is 10.2. The highest BCUT2D eigenvalue weighted by atomic mass is 127. The van der Waals surface area contributed by atoms with E-state index in [0.29, 0.717) is 38.1 Å². The molecule has 0 unspecified atom stereocenters. The number of aromatic nitrogens is 1. The van der Waals surface area contributed by atoms with Crippen LogP contribution in [0, 0.1) is 0 Å². The molecule has 11 heteroatoms. The first-order valence-corrected chi connectivity index (χ1v) is 12.0. The van der Waals surface area contributed by atoms with Gasteiger partial charge in [-0.3, -0.25) is 4.99 Å². The molecular weight excluding hydrogens is 505 g/mol. The van der Waals surface area contributed by atoms with Crippen molar-refractivity contribution in [3.05, 3.63) is 16.1 Å². The van der Waals surface area contributed by atoms with Gasteiger partial charge in [0.1, 0.15) is 5.01 Å². The highest BCUT2D eigenvalue weighted by Gasteiger charge is 2.23. The maximum Gasteiger partial charge on any atom is 0.215 e. The number of nitrogens with one attached hydrogen (secondary N) is 2. The molecule has 2 N–H and O–H groups in total. The standard InChI is InChI=1S/C15H27N5O2S3.HI/c1-12(2)13-11-24-14(19-13)10-18-15(16-3)17-4-9-25(21,22)20-5-7-23-8-6-20;/h11-12H,4-10H2,1-3H3,(H2,16,17,18);1H. The van der Waals surface area contributed by atoms with Gasteiger partial charge in [-0.05, 0) is 5.92 Å². The fourth-order valence-electron chi connectivity index (χ4n) is 2.30. The number of nitrogens with zero attached hydrogens (tertiary/aromatic N) is 3. The number of sulfonamides is 1. The maximum atomic E-state index is 12.3. The molecule has 2 rings (SSSR count). The number of halogens is 1. The molecule has 0 bridgehead atoms. The Labute approximate surface area is 181 Å². The van der Waals surface area contributed by atoms with Crippen LogP contribution in [0.3, 0.4) is 0 Å². The lowest BCUT2D eigenvalue weighted by Crippen LogP contribution is -2.44. The fourth-order valence-corrected chi connectivity index (χ4v) is 5.69. The van der Waals surface area contributed by atoms with Gasteiger partial charge in [0.2, 0.25) is 10.0 Å². The van der Waals surface area contributed by atoms with Gasteiger partial charge < -0.3 is 10.6 Å². The van der Waals surface area contributed by atoms with Gasteiger partial charge in [-0.2, -0.15) is 11.8 Å². The SMILES string of the molecule is CN=C(NCCS(=O)(=O)N1CCSCC1)NCc1nc(C(C)C)cs1.I. The van der Waals surface area contributed by atoms with E-state index in [9.17, 15) is 8.42 Å². The second-order valence-corrected chi connectivity index (χ2v) is 10.3. The maximum absolute atomic E-state index is 12.3. The predicted molar refractivity (Wildman–Crippen MR) is 123 cm³/mol. The van der Waals surface area contributed by atoms with Crippen LogP contribution in [0.4, 0.5) is 0 Å². The largest absolute Gasteiger partial charge is 0.355 e.